The molecule has 6 heteroatoms. The van der Waals surface area contributed by atoms with Crippen LogP contribution in [-0.2, 0) is 13.1 Å². The number of hydrogen-bond acceptors (Lipinski definition) is 4. The second kappa shape index (κ2) is 5.71. The topological polar surface area (TPSA) is 46.0 Å². The molecule has 0 fully saturated rings. The van der Waals surface area contributed by atoms with Gasteiger partial charge in [-0.15, -0.1) is 10.2 Å². The molecule has 1 aliphatic rings. The first-order chi connectivity index (χ1) is 9.31. The highest BCUT2D eigenvalue weighted by atomic mass is 79.9. The summed E-state index contributed by atoms with van der Waals surface area (Å²) in [5, 5.41) is 11.5. The third-order valence-electron chi connectivity index (χ3n) is 3.30. The molecule has 1 aromatic heterocycles. The number of rotatable bonds is 4. The molecule has 2 aromatic rings. The van der Waals surface area contributed by atoms with Gasteiger partial charge in [-0.05, 0) is 18.2 Å². The van der Waals surface area contributed by atoms with E-state index in [4.69, 9.17) is 0 Å². The number of benzene rings is 1. The highest BCUT2D eigenvalue weighted by molar-refractivity contribution is 9.10. The summed E-state index contributed by atoms with van der Waals surface area (Å²) in [6.45, 7) is 4.88. The van der Waals surface area contributed by atoms with E-state index in [-0.39, 0.29) is 0 Å². The number of anilines is 1. The third-order valence-corrected chi connectivity index (χ3v) is 3.79. The summed E-state index contributed by atoms with van der Waals surface area (Å²) in [6, 6.07) is 8.24. The first-order valence-electron chi connectivity index (χ1n) is 6.40. The Bertz CT molecular complexity index is 553. The average molecular weight is 322 g/mol. The van der Waals surface area contributed by atoms with Gasteiger partial charge in [-0.3, -0.25) is 4.90 Å². The molecule has 2 heterocycles. The fourth-order valence-corrected chi connectivity index (χ4v) is 2.66. The van der Waals surface area contributed by atoms with Crippen LogP contribution in [0, 0.1) is 0 Å². The van der Waals surface area contributed by atoms with E-state index in [0.717, 1.165) is 48.7 Å². The fourth-order valence-electron chi connectivity index (χ4n) is 2.26. The van der Waals surface area contributed by atoms with Gasteiger partial charge in [0.2, 0.25) is 0 Å². The largest absolute Gasteiger partial charge is 0.384 e. The van der Waals surface area contributed by atoms with E-state index >= 15 is 0 Å². The van der Waals surface area contributed by atoms with Gasteiger partial charge in [0.1, 0.15) is 12.2 Å². The standard InChI is InChI=1S/C13H16BrN5/c14-11-2-1-3-12(8-11)15-4-5-18-6-7-19-10-16-17-13(19)9-18/h1-3,8,10,15H,4-7,9H2. The molecule has 5 nitrogen and oxygen atoms in total. The summed E-state index contributed by atoms with van der Waals surface area (Å²) < 4.78 is 3.22. The first-order valence-corrected chi connectivity index (χ1v) is 7.19. The van der Waals surface area contributed by atoms with Crippen LogP contribution in [0.25, 0.3) is 0 Å². The monoisotopic (exact) mass is 321 g/mol. The number of nitrogens with zero attached hydrogens (tertiary/aromatic N) is 4. The van der Waals surface area contributed by atoms with Crippen LogP contribution in [0.4, 0.5) is 5.69 Å². The van der Waals surface area contributed by atoms with Crippen LogP contribution in [0.2, 0.25) is 0 Å². The van der Waals surface area contributed by atoms with Crippen molar-refractivity contribution in [3.8, 4) is 0 Å². The van der Waals surface area contributed by atoms with Crippen LogP contribution in [-0.4, -0.2) is 39.3 Å². The summed E-state index contributed by atoms with van der Waals surface area (Å²) in [7, 11) is 0. The molecule has 0 spiro atoms. The fraction of sp³-hybridized carbons (Fsp3) is 0.385. The Labute approximate surface area is 120 Å². The molecular formula is C13H16BrN5. The SMILES string of the molecule is Brc1cccc(NCCN2CCn3cnnc3C2)c1. The molecule has 100 valence electrons. The molecule has 1 N–H and O–H groups in total. The molecule has 0 saturated heterocycles. The van der Waals surface area contributed by atoms with Crippen molar-refractivity contribution in [1.29, 1.82) is 0 Å². The zero-order chi connectivity index (χ0) is 13.1. The summed E-state index contributed by atoms with van der Waals surface area (Å²) in [5.74, 6) is 1.06. The lowest BCUT2D eigenvalue weighted by molar-refractivity contribution is 0.225. The van der Waals surface area contributed by atoms with E-state index in [1.807, 2.05) is 18.5 Å². The molecular weight excluding hydrogens is 306 g/mol. The van der Waals surface area contributed by atoms with Crippen LogP contribution < -0.4 is 5.32 Å². The van der Waals surface area contributed by atoms with Gasteiger partial charge < -0.3 is 9.88 Å². The van der Waals surface area contributed by atoms with Gasteiger partial charge in [-0.2, -0.15) is 0 Å². The molecule has 3 rings (SSSR count). The van der Waals surface area contributed by atoms with Gasteiger partial charge in [0, 0.05) is 36.3 Å². The van der Waals surface area contributed by atoms with Gasteiger partial charge >= 0.3 is 0 Å². The Morgan fingerprint density at radius 1 is 1.32 bits per heavy atom. The van der Waals surface area contributed by atoms with E-state index in [2.05, 4.69) is 53.0 Å². The molecule has 0 unspecified atom stereocenters. The van der Waals surface area contributed by atoms with Crippen LogP contribution in [0.1, 0.15) is 5.82 Å². The Kier molecular flexibility index (Phi) is 3.79. The van der Waals surface area contributed by atoms with Crippen molar-refractivity contribution in [2.24, 2.45) is 0 Å². The second-order valence-corrected chi connectivity index (χ2v) is 5.57. The van der Waals surface area contributed by atoms with Gasteiger partial charge in [-0.25, -0.2) is 0 Å². The van der Waals surface area contributed by atoms with Crippen molar-refractivity contribution in [2.45, 2.75) is 13.1 Å². The van der Waals surface area contributed by atoms with E-state index in [0.29, 0.717) is 0 Å². The number of hydrogen-bond donors (Lipinski definition) is 1. The van der Waals surface area contributed by atoms with Crippen molar-refractivity contribution in [2.75, 3.05) is 25.0 Å². The minimum Gasteiger partial charge on any atom is -0.384 e. The molecule has 0 saturated carbocycles. The maximum absolute atomic E-state index is 4.13. The van der Waals surface area contributed by atoms with Gasteiger partial charge in [0.05, 0.1) is 6.54 Å². The van der Waals surface area contributed by atoms with Crippen molar-refractivity contribution >= 4 is 21.6 Å². The van der Waals surface area contributed by atoms with Gasteiger partial charge in [-0.1, -0.05) is 22.0 Å². The Morgan fingerprint density at radius 2 is 2.26 bits per heavy atom. The highest BCUT2D eigenvalue weighted by Gasteiger charge is 2.16. The van der Waals surface area contributed by atoms with E-state index in [1.54, 1.807) is 0 Å². The molecule has 0 radical (unpaired) electrons. The van der Waals surface area contributed by atoms with Crippen molar-refractivity contribution in [3.63, 3.8) is 0 Å². The van der Waals surface area contributed by atoms with Crippen LogP contribution in [0.3, 0.4) is 0 Å². The minimum atomic E-state index is 0.889. The Balaban J connectivity index is 1.49. The quantitative estimate of drug-likeness (QED) is 0.935. The lowest BCUT2D eigenvalue weighted by atomic mass is 10.3. The molecule has 0 bridgehead atoms. The molecule has 0 amide bonds. The normalized spacial score (nSPS) is 15.2. The lowest BCUT2D eigenvalue weighted by Gasteiger charge is -2.26. The molecule has 19 heavy (non-hydrogen) atoms. The van der Waals surface area contributed by atoms with E-state index in [9.17, 15) is 0 Å². The lowest BCUT2D eigenvalue weighted by Crippen LogP contribution is -2.36. The third kappa shape index (κ3) is 3.13. The van der Waals surface area contributed by atoms with E-state index < -0.39 is 0 Å². The number of fused-ring (bicyclic) bond motifs is 1. The minimum absolute atomic E-state index is 0.889. The van der Waals surface area contributed by atoms with Crippen molar-refractivity contribution in [3.05, 3.63) is 40.9 Å². The number of halogens is 1. The van der Waals surface area contributed by atoms with Crippen LogP contribution in [0.15, 0.2) is 35.1 Å². The zero-order valence-corrected chi connectivity index (χ0v) is 12.2. The Hall–Kier alpha value is -1.40. The average Bonchev–Trinajstić information content (AvgIpc) is 2.86. The number of nitrogens with one attached hydrogen (secondary N) is 1. The first kappa shape index (κ1) is 12.6. The van der Waals surface area contributed by atoms with Gasteiger partial charge in [0.15, 0.2) is 0 Å². The molecule has 1 aromatic carbocycles. The molecule has 1 aliphatic heterocycles. The van der Waals surface area contributed by atoms with Crippen molar-refractivity contribution < 1.29 is 0 Å². The summed E-state index contributed by atoms with van der Waals surface area (Å²) in [6.07, 6.45) is 1.81. The second-order valence-electron chi connectivity index (χ2n) is 4.65. The van der Waals surface area contributed by atoms with E-state index in [1.165, 1.54) is 0 Å². The highest BCUT2D eigenvalue weighted by Crippen LogP contribution is 2.15. The smallest absolute Gasteiger partial charge is 0.147 e. The Morgan fingerprint density at radius 3 is 3.16 bits per heavy atom. The zero-order valence-electron chi connectivity index (χ0n) is 10.6. The summed E-state index contributed by atoms with van der Waals surface area (Å²) in [5.41, 5.74) is 1.15. The predicted octanol–water partition coefficient (Wildman–Crippen LogP) is 1.97. The van der Waals surface area contributed by atoms with Crippen LogP contribution >= 0.6 is 15.9 Å². The summed E-state index contributed by atoms with van der Waals surface area (Å²) >= 11 is 3.48. The van der Waals surface area contributed by atoms with Crippen molar-refractivity contribution in [1.82, 2.24) is 19.7 Å². The molecule has 0 aliphatic carbocycles. The summed E-state index contributed by atoms with van der Waals surface area (Å²) in [4.78, 5) is 2.40. The molecule has 0 atom stereocenters. The predicted molar refractivity (Wildman–Crippen MR) is 77.9 cm³/mol. The maximum Gasteiger partial charge on any atom is 0.147 e. The van der Waals surface area contributed by atoms with Gasteiger partial charge in [0.25, 0.3) is 0 Å². The van der Waals surface area contributed by atoms with Crippen LogP contribution in [0.5, 0.6) is 0 Å². The number of aromatic nitrogens is 3. The maximum atomic E-state index is 4.13.